The van der Waals surface area contributed by atoms with Crippen LogP contribution in [0.5, 0.6) is 5.88 Å². The van der Waals surface area contributed by atoms with Gasteiger partial charge in [-0.1, -0.05) is 24.3 Å². The van der Waals surface area contributed by atoms with Crippen LogP contribution in [0.15, 0.2) is 66.3 Å². The monoisotopic (exact) mass is 433 g/mol. The number of fused-ring (bicyclic) bond motifs is 1. The molecule has 1 aliphatic heterocycles. The number of thiazole rings is 1. The molecule has 1 aromatic carbocycles. The standard InChI is InChI=1S/C23H23N5O2S/c29-20(16-30-19-10-4-5-11-24-19)27-12-6-7-17(15-27)21-22-28(13-14-31-22)23(26-21)25-18-8-2-1-3-9-18/h1-5,8-11,13-14,17H,6-7,12,15-16H2,(H,25,26)/t17-/m0/s1. The summed E-state index contributed by atoms with van der Waals surface area (Å²) >= 11 is 1.68. The number of nitrogens with one attached hydrogen (secondary N) is 1. The number of likely N-dealkylation sites (tertiary alicyclic amines) is 1. The van der Waals surface area contributed by atoms with E-state index in [1.54, 1.807) is 23.6 Å². The van der Waals surface area contributed by atoms with Gasteiger partial charge in [0, 0.05) is 48.5 Å². The Morgan fingerprint density at radius 3 is 2.90 bits per heavy atom. The molecule has 31 heavy (non-hydrogen) atoms. The Morgan fingerprint density at radius 2 is 2.06 bits per heavy atom. The van der Waals surface area contributed by atoms with E-state index in [1.165, 1.54) is 0 Å². The van der Waals surface area contributed by atoms with Crippen molar-refractivity contribution >= 4 is 33.7 Å². The lowest BCUT2D eigenvalue weighted by molar-refractivity contribution is -0.134. The number of anilines is 2. The number of pyridine rings is 1. The van der Waals surface area contributed by atoms with Crippen molar-refractivity contribution in [2.24, 2.45) is 0 Å². The summed E-state index contributed by atoms with van der Waals surface area (Å²) in [5.74, 6) is 1.46. The fourth-order valence-electron chi connectivity index (χ4n) is 3.94. The molecule has 0 bridgehead atoms. The number of carbonyl (C=O) groups is 1. The number of amides is 1. The molecule has 0 unspecified atom stereocenters. The lowest BCUT2D eigenvalue weighted by atomic mass is 9.95. The molecule has 1 fully saturated rings. The minimum atomic E-state index is -0.0142. The molecule has 8 heteroatoms. The van der Waals surface area contributed by atoms with Gasteiger partial charge in [0.2, 0.25) is 11.8 Å². The fourth-order valence-corrected chi connectivity index (χ4v) is 4.84. The van der Waals surface area contributed by atoms with Crippen molar-refractivity contribution in [3.63, 3.8) is 0 Å². The Kier molecular flexibility index (Phi) is 5.54. The summed E-state index contributed by atoms with van der Waals surface area (Å²) < 4.78 is 7.66. The minimum absolute atomic E-state index is 0.00213. The van der Waals surface area contributed by atoms with E-state index < -0.39 is 0 Å². The average Bonchev–Trinajstić information content (AvgIpc) is 3.43. The fraction of sp³-hybridized carbons (Fsp3) is 0.261. The first-order chi connectivity index (χ1) is 15.3. The minimum Gasteiger partial charge on any atom is -0.468 e. The summed E-state index contributed by atoms with van der Waals surface area (Å²) in [6.07, 6.45) is 5.66. The van der Waals surface area contributed by atoms with Gasteiger partial charge in [-0.3, -0.25) is 9.20 Å². The third-order valence-electron chi connectivity index (χ3n) is 5.45. The number of benzene rings is 1. The van der Waals surface area contributed by atoms with Crippen molar-refractivity contribution in [1.82, 2.24) is 19.3 Å². The first-order valence-electron chi connectivity index (χ1n) is 10.4. The third-order valence-corrected chi connectivity index (χ3v) is 6.34. The van der Waals surface area contributed by atoms with Crippen molar-refractivity contribution < 1.29 is 9.53 Å². The molecule has 4 heterocycles. The molecule has 0 aliphatic carbocycles. The number of ether oxygens (including phenoxy) is 1. The van der Waals surface area contributed by atoms with Crippen LogP contribution < -0.4 is 10.1 Å². The highest BCUT2D eigenvalue weighted by atomic mass is 32.1. The van der Waals surface area contributed by atoms with Gasteiger partial charge in [-0.25, -0.2) is 9.97 Å². The van der Waals surface area contributed by atoms with Gasteiger partial charge in [-0.2, -0.15) is 0 Å². The molecule has 5 rings (SSSR count). The second-order valence-electron chi connectivity index (χ2n) is 7.53. The topological polar surface area (TPSA) is 71.8 Å². The molecule has 1 amide bonds. The molecule has 0 radical (unpaired) electrons. The Labute approximate surface area is 184 Å². The van der Waals surface area contributed by atoms with E-state index in [0.29, 0.717) is 12.4 Å². The third kappa shape index (κ3) is 4.25. The van der Waals surface area contributed by atoms with Gasteiger partial charge in [-0.05, 0) is 31.0 Å². The molecule has 158 valence electrons. The number of nitrogens with zero attached hydrogens (tertiary/aromatic N) is 4. The lowest BCUT2D eigenvalue weighted by Crippen LogP contribution is -2.41. The Balaban J connectivity index is 1.31. The SMILES string of the molecule is O=C(COc1ccccn1)N1CCC[C@H](c2nc(Nc3ccccc3)n3ccsc23)C1. The van der Waals surface area contributed by atoms with Crippen molar-refractivity contribution in [2.45, 2.75) is 18.8 Å². The van der Waals surface area contributed by atoms with Gasteiger partial charge in [-0.15, -0.1) is 11.3 Å². The molecule has 0 spiro atoms. The molecule has 1 aliphatic rings. The summed E-state index contributed by atoms with van der Waals surface area (Å²) in [6, 6.07) is 15.5. The van der Waals surface area contributed by atoms with E-state index in [-0.39, 0.29) is 18.4 Å². The Hall–Kier alpha value is -3.39. The maximum Gasteiger partial charge on any atom is 0.260 e. The quantitative estimate of drug-likeness (QED) is 0.490. The highest BCUT2D eigenvalue weighted by molar-refractivity contribution is 7.15. The molecule has 7 nitrogen and oxygen atoms in total. The number of para-hydroxylation sites is 1. The molecule has 1 saturated heterocycles. The molecule has 4 aromatic rings. The first kappa shape index (κ1) is 19.6. The maximum atomic E-state index is 12.7. The number of imidazole rings is 1. The summed E-state index contributed by atoms with van der Waals surface area (Å²) in [5.41, 5.74) is 2.05. The molecular weight excluding hydrogens is 410 g/mol. The number of aromatic nitrogens is 3. The zero-order valence-electron chi connectivity index (χ0n) is 17.0. The Bertz CT molecular complexity index is 1160. The lowest BCUT2D eigenvalue weighted by Gasteiger charge is -2.32. The van der Waals surface area contributed by atoms with Crippen molar-refractivity contribution in [3.8, 4) is 5.88 Å². The highest BCUT2D eigenvalue weighted by Gasteiger charge is 2.29. The predicted molar refractivity (Wildman–Crippen MR) is 121 cm³/mol. The van der Waals surface area contributed by atoms with Gasteiger partial charge in [0.1, 0.15) is 4.83 Å². The van der Waals surface area contributed by atoms with Gasteiger partial charge in [0.05, 0.1) is 5.69 Å². The van der Waals surface area contributed by atoms with Crippen molar-refractivity contribution in [2.75, 3.05) is 25.0 Å². The van der Waals surface area contributed by atoms with Crippen LogP contribution in [0.3, 0.4) is 0 Å². The zero-order chi connectivity index (χ0) is 21.0. The summed E-state index contributed by atoms with van der Waals surface area (Å²) in [6.45, 7) is 1.40. The maximum absolute atomic E-state index is 12.7. The van der Waals surface area contributed by atoms with Crippen LogP contribution in [-0.4, -0.2) is 44.9 Å². The van der Waals surface area contributed by atoms with Gasteiger partial charge >= 0.3 is 0 Å². The van der Waals surface area contributed by atoms with E-state index in [2.05, 4.69) is 20.1 Å². The largest absolute Gasteiger partial charge is 0.468 e. The van der Waals surface area contributed by atoms with Crippen LogP contribution in [0, 0.1) is 0 Å². The van der Waals surface area contributed by atoms with Crippen molar-refractivity contribution in [3.05, 3.63) is 72.0 Å². The molecule has 1 atom stereocenters. The van der Waals surface area contributed by atoms with Crippen molar-refractivity contribution in [1.29, 1.82) is 0 Å². The van der Waals surface area contributed by atoms with Crippen LogP contribution in [0.2, 0.25) is 0 Å². The molecule has 0 saturated carbocycles. The summed E-state index contributed by atoms with van der Waals surface area (Å²) in [4.78, 5) is 24.8. The van der Waals surface area contributed by atoms with Gasteiger partial charge < -0.3 is 15.0 Å². The second-order valence-corrected chi connectivity index (χ2v) is 8.42. The smallest absolute Gasteiger partial charge is 0.260 e. The average molecular weight is 434 g/mol. The van der Waals surface area contributed by atoms with E-state index in [4.69, 9.17) is 9.72 Å². The van der Waals surface area contributed by atoms with Gasteiger partial charge in [0.15, 0.2) is 6.61 Å². The van der Waals surface area contributed by atoms with Crippen LogP contribution in [-0.2, 0) is 4.79 Å². The zero-order valence-corrected chi connectivity index (χ0v) is 17.8. The van der Waals surface area contributed by atoms with E-state index in [1.807, 2.05) is 53.6 Å². The number of hydrogen-bond donors (Lipinski definition) is 1. The number of carbonyl (C=O) groups excluding carboxylic acids is 1. The molecular formula is C23H23N5O2S. The highest BCUT2D eigenvalue weighted by Crippen LogP contribution is 2.34. The van der Waals surface area contributed by atoms with Crippen LogP contribution in [0.4, 0.5) is 11.6 Å². The molecule has 3 aromatic heterocycles. The number of piperidine rings is 1. The summed E-state index contributed by atoms with van der Waals surface area (Å²) in [5, 5.41) is 5.49. The van der Waals surface area contributed by atoms with E-state index in [9.17, 15) is 4.79 Å². The van der Waals surface area contributed by atoms with Gasteiger partial charge in [0.25, 0.3) is 5.91 Å². The molecule has 1 N–H and O–H groups in total. The number of hydrogen-bond acceptors (Lipinski definition) is 6. The number of rotatable bonds is 6. The Morgan fingerprint density at radius 1 is 1.19 bits per heavy atom. The van der Waals surface area contributed by atoms with Crippen LogP contribution in [0.1, 0.15) is 24.5 Å². The van der Waals surface area contributed by atoms with E-state index in [0.717, 1.165) is 41.5 Å². The van der Waals surface area contributed by atoms with Crippen LogP contribution in [0.25, 0.3) is 4.83 Å². The van der Waals surface area contributed by atoms with Crippen LogP contribution >= 0.6 is 11.3 Å². The normalized spacial score (nSPS) is 16.4. The first-order valence-corrected chi connectivity index (χ1v) is 11.2. The summed E-state index contributed by atoms with van der Waals surface area (Å²) in [7, 11) is 0. The van der Waals surface area contributed by atoms with E-state index >= 15 is 0 Å². The predicted octanol–water partition coefficient (Wildman–Crippen LogP) is 4.32. The second kappa shape index (κ2) is 8.77.